The fourth-order valence-corrected chi connectivity index (χ4v) is 1.59. The zero-order valence-electron chi connectivity index (χ0n) is 7.16. The molecule has 1 aromatic carbocycles. The fraction of sp³-hybridized carbons (Fsp3) is 0.400. The van der Waals surface area contributed by atoms with E-state index in [0.717, 1.165) is 18.8 Å². The van der Waals surface area contributed by atoms with Crippen LogP contribution in [0.3, 0.4) is 0 Å². The number of ether oxygens (including phenoxy) is 1. The minimum atomic E-state index is 0.343. The number of para-hydroxylation sites is 1. The standard InChI is InChI=1S/C10H12NO/c1-11-9-6-7-12-10-5-3-2-4-8(9)10/h2-5,9H,6-7H2,1H3. The molecule has 0 aromatic heterocycles. The maximum Gasteiger partial charge on any atom is 0.124 e. The largest absolute Gasteiger partial charge is 0.493 e. The predicted molar refractivity (Wildman–Crippen MR) is 47.4 cm³/mol. The molecule has 2 heteroatoms. The lowest BCUT2D eigenvalue weighted by molar-refractivity contribution is 0.256. The van der Waals surface area contributed by atoms with E-state index in [1.165, 1.54) is 5.56 Å². The Morgan fingerprint density at radius 1 is 1.42 bits per heavy atom. The summed E-state index contributed by atoms with van der Waals surface area (Å²) in [6, 6.07) is 8.47. The average molecular weight is 162 g/mol. The number of rotatable bonds is 1. The summed E-state index contributed by atoms with van der Waals surface area (Å²) in [4.78, 5) is 0. The van der Waals surface area contributed by atoms with Crippen LogP contribution in [-0.4, -0.2) is 13.7 Å². The molecule has 1 heterocycles. The van der Waals surface area contributed by atoms with Gasteiger partial charge in [0.25, 0.3) is 0 Å². The monoisotopic (exact) mass is 162 g/mol. The quantitative estimate of drug-likeness (QED) is 0.617. The molecule has 0 bridgehead atoms. The van der Waals surface area contributed by atoms with E-state index in [9.17, 15) is 0 Å². The molecule has 0 spiro atoms. The fourth-order valence-electron chi connectivity index (χ4n) is 1.59. The zero-order chi connectivity index (χ0) is 8.39. The molecular weight excluding hydrogens is 150 g/mol. The third kappa shape index (κ3) is 1.18. The molecule has 0 aliphatic carbocycles. The molecule has 1 unspecified atom stereocenters. The van der Waals surface area contributed by atoms with Crippen LogP contribution >= 0.6 is 0 Å². The summed E-state index contributed by atoms with van der Waals surface area (Å²) in [6.45, 7) is 0.791. The van der Waals surface area contributed by atoms with Crippen molar-refractivity contribution in [3.63, 3.8) is 0 Å². The topological polar surface area (TPSA) is 23.3 Å². The predicted octanol–water partition coefficient (Wildman–Crippen LogP) is 1.74. The first-order valence-electron chi connectivity index (χ1n) is 4.22. The van der Waals surface area contributed by atoms with Crippen molar-refractivity contribution in [2.45, 2.75) is 12.5 Å². The maximum atomic E-state index is 5.50. The lowest BCUT2D eigenvalue weighted by Gasteiger charge is -2.24. The first-order chi connectivity index (χ1) is 5.92. The van der Waals surface area contributed by atoms with Crippen LogP contribution in [0, 0.1) is 0 Å². The molecule has 1 aliphatic rings. The van der Waals surface area contributed by atoms with Crippen molar-refractivity contribution in [3.05, 3.63) is 29.8 Å². The number of hydrogen-bond donors (Lipinski definition) is 0. The van der Waals surface area contributed by atoms with E-state index >= 15 is 0 Å². The highest BCUT2D eigenvalue weighted by atomic mass is 16.5. The van der Waals surface area contributed by atoms with Gasteiger partial charge in [0.1, 0.15) is 5.75 Å². The van der Waals surface area contributed by atoms with Crippen molar-refractivity contribution in [2.75, 3.05) is 13.7 Å². The Morgan fingerprint density at radius 3 is 3.08 bits per heavy atom. The molecule has 0 saturated heterocycles. The molecule has 2 rings (SSSR count). The van der Waals surface area contributed by atoms with Crippen molar-refractivity contribution in [3.8, 4) is 5.75 Å². The molecule has 12 heavy (non-hydrogen) atoms. The highest BCUT2D eigenvalue weighted by molar-refractivity contribution is 5.37. The lowest BCUT2D eigenvalue weighted by atomic mass is 10.0. The Bertz CT molecular complexity index is 272. The van der Waals surface area contributed by atoms with Crippen molar-refractivity contribution in [1.82, 2.24) is 5.32 Å². The van der Waals surface area contributed by atoms with Gasteiger partial charge in [0, 0.05) is 19.0 Å². The minimum absolute atomic E-state index is 0.343. The Balaban J connectivity index is 2.37. The highest BCUT2D eigenvalue weighted by Crippen LogP contribution is 2.31. The Hall–Kier alpha value is -1.02. The van der Waals surface area contributed by atoms with Crippen molar-refractivity contribution >= 4 is 0 Å². The summed E-state index contributed by atoms with van der Waals surface area (Å²) < 4.78 is 5.50. The lowest BCUT2D eigenvalue weighted by Crippen LogP contribution is -2.19. The molecule has 1 aromatic rings. The van der Waals surface area contributed by atoms with Crippen LogP contribution < -0.4 is 10.1 Å². The Morgan fingerprint density at radius 2 is 2.25 bits per heavy atom. The molecule has 0 saturated carbocycles. The van der Waals surface area contributed by atoms with Crippen LogP contribution in [0.15, 0.2) is 24.3 Å². The van der Waals surface area contributed by atoms with Gasteiger partial charge >= 0.3 is 0 Å². The molecule has 1 radical (unpaired) electrons. The first-order valence-corrected chi connectivity index (χ1v) is 4.22. The summed E-state index contributed by atoms with van der Waals surface area (Å²) in [5.41, 5.74) is 1.23. The zero-order valence-corrected chi connectivity index (χ0v) is 7.16. The van der Waals surface area contributed by atoms with Gasteiger partial charge < -0.3 is 4.74 Å². The van der Waals surface area contributed by atoms with Gasteiger partial charge in [0.05, 0.1) is 12.6 Å². The van der Waals surface area contributed by atoms with Gasteiger partial charge in [-0.1, -0.05) is 18.2 Å². The Kier molecular flexibility index (Phi) is 2.00. The normalized spacial score (nSPS) is 21.2. The SMILES string of the molecule is C[N]C1CCOc2ccccc21. The number of fused-ring (bicyclic) bond motifs is 1. The van der Waals surface area contributed by atoms with E-state index in [1.54, 1.807) is 0 Å². The van der Waals surface area contributed by atoms with Gasteiger partial charge in [-0.3, -0.25) is 0 Å². The first kappa shape index (κ1) is 7.62. The minimum Gasteiger partial charge on any atom is -0.493 e. The molecular formula is C10H12NO. The summed E-state index contributed by atoms with van der Waals surface area (Å²) in [6.07, 6.45) is 1.01. The summed E-state index contributed by atoms with van der Waals surface area (Å²) in [5, 5.41) is 4.31. The van der Waals surface area contributed by atoms with E-state index in [4.69, 9.17) is 4.74 Å². The highest BCUT2D eigenvalue weighted by Gasteiger charge is 2.19. The second-order valence-electron chi connectivity index (χ2n) is 2.95. The average Bonchev–Trinajstić information content (AvgIpc) is 2.17. The summed E-state index contributed by atoms with van der Waals surface area (Å²) >= 11 is 0. The van der Waals surface area contributed by atoms with Crippen molar-refractivity contribution in [1.29, 1.82) is 0 Å². The van der Waals surface area contributed by atoms with Crippen LogP contribution in [0.5, 0.6) is 5.75 Å². The molecule has 0 amide bonds. The molecule has 1 atom stereocenters. The van der Waals surface area contributed by atoms with Gasteiger partial charge in [-0.25, -0.2) is 5.32 Å². The van der Waals surface area contributed by atoms with Gasteiger partial charge in [-0.2, -0.15) is 0 Å². The van der Waals surface area contributed by atoms with E-state index in [2.05, 4.69) is 11.4 Å². The van der Waals surface area contributed by atoms with Crippen LogP contribution in [0.25, 0.3) is 0 Å². The second kappa shape index (κ2) is 3.15. The van der Waals surface area contributed by atoms with Crippen molar-refractivity contribution in [2.24, 2.45) is 0 Å². The van der Waals surface area contributed by atoms with E-state index in [-0.39, 0.29) is 0 Å². The van der Waals surface area contributed by atoms with Gasteiger partial charge in [-0.15, -0.1) is 0 Å². The van der Waals surface area contributed by atoms with Gasteiger partial charge in [0.2, 0.25) is 0 Å². The summed E-state index contributed by atoms with van der Waals surface area (Å²) in [5.74, 6) is 0.999. The van der Waals surface area contributed by atoms with Crippen LogP contribution in [0.4, 0.5) is 0 Å². The number of hydrogen-bond acceptors (Lipinski definition) is 1. The van der Waals surface area contributed by atoms with E-state index in [1.807, 2.05) is 25.2 Å². The smallest absolute Gasteiger partial charge is 0.124 e. The van der Waals surface area contributed by atoms with Crippen LogP contribution in [-0.2, 0) is 0 Å². The third-order valence-corrected chi connectivity index (χ3v) is 2.24. The molecule has 0 fully saturated rings. The summed E-state index contributed by atoms with van der Waals surface area (Å²) in [7, 11) is 1.87. The maximum absolute atomic E-state index is 5.50. The van der Waals surface area contributed by atoms with Gasteiger partial charge in [0.15, 0.2) is 0 Å². The van der Waals surface area contributed by atoms with Crippen LogP contribution in [0.2, 0.25) is 0 Å². The van der Waals surface area contributed by atoms with Gasteiger partial charge in [-0.05, 0) is 6.07 Å². The number of benzene rings is 1. The molecule has 1 aliphatic heterocycles. The molecule has 63 valence electrons. The number of nitrogens with zero attached hydrogens (tertiary/aromatic N) is 1. The van der Waals surface area contributed by atoms with Crippen molar-refractivity contribution < 1.29 is 4.74 Å². The van der Waals surface area contributed by atoms with Crippen LogP contribution in [0.1, 0.15) is 18.0 Å². The second-order valence-corrected chi connectivity index (χ2v) is 2.95. The van der Waals surface area contributed by atoms with E-state index < -0.39 is 0 Å². The molecule has 2 nitrogen and oxygen atoms in total. The molecule has 0 N–H and O–H groups in total. The van der Waals surface area contributed by atoms with E-state index in [0.29, 0.717) is 6.04 Å². The third-order valence-electron chi connectivity index (χ3n) is 2.24. The Labute approximate surface area is 72.5 Å².